The Balaban J connectivity index is 3.17. The van der Waals surface area contributed by atoms with Crippen molar-refractivity contribution in [3.8, 4) is 0 Å². The predicted molar refractivity (Wildman–Crippen MR) is 76.8 cm³/mol. The number of halogens is 7. The normalized spacial score (nSPS) is 11.2. The second kappa shape index (κ2) is 4.97. The number of hydrogen-bond acceptors (Lipinski definition) is 1. The first-order chi connectivity index (χ1) is 7.86. The molecule has 0 fully saturated rings. The summed E-state index contributed by atoms with van der Waals surface area (Å²) < 4.78 is 0. The lowest BCUT2D eigenvalue weighted by atomic mass is 10.2. The van der Waals surface area contributed by atoms with Crippen molar-refractivity contribution in [1.82, 2.24) is 4.98 Å². The molecule has 0 bridgehead atoms. The molecule has 1 heterocycles. The maximum Gasteiger partial charge on any atom is 0.150 e. The van der Waals surface area contributed by atoms with Crippen LogP contribution >= 0.6 is 81.2 Å². The first-order valence-electron chi connectivity index (χ1n) is 4.02. The maximum absolute atomic E-state index is 6.05. The molecule has 0 spiro atoms. The molecule has 0 atom stereocenters. The van der Waals surface area contributed by atoms with E-state index in [4.69, 9.17) is 81.2 Å². The Morgan fingerprint density at radius 3 is 1.47 bits per heavy atom. The molecule has 0 aliphatic heterocycles. The first kappa shape index (κ1) is 14.1. The molecule has 0 unspecified atom stereocenters. The number of benzene rings is 1. The highest BCUT2D eigenvalue weighted by Crippen LogP contribution is 2.48. The molecule has 0 aliphatic rings. The van der Waals surface area contributed by atoms with Crippen LogP contribution in [-0.4, -0.2) is 4.98 Å². The third kappa shape index (κ3) is 2.17. The highest BCUT2D eigenvalue weighted by molar-refractivity contribution is 6.58. The molecule has 0 N–H and O–H groups in total. The Morgan fingerprint density at radius 1 is 0.471 bits per heavy atom. The van der Waals surface area contributed by atoms with E-state index in [-0.39, 0.29) is 35.4 Å². The zero-order valence-corrected chi connectivity index (χ0v) is 12.9. The molecule has 8 heteroatoms. The van der Waals surface area contributed by atoms with Crippen molar-refractivity contribution in [2.45, 2.75) is 0 Å². The van der Waals surface area contributed by atoms with Gasteiger partial charge in [0.1, 0.15) is 10.3 Å². The summed E-state index contributed by atoms with van der Waals surface area (Å²) in [5.41, 5.74) is 0. The number of hydrogen-bond donors (Lipinski definition) is 0. The number of nitrogens with zero attached hydrogens (tertiary/aromatic N) is 1. The zero-order chi connectivity index (χ0) is 12.9. The van der Waals surface area contributed by atoms with E-state index in [1.807, 2.05) is 0 Å². The van der Waals surface area contributed by atoms with Gasteiger partial charge in [-0.2, -0.15) is 0 Å². The molecule has 0 radical (unpaired) electrons. The first-order valence-corrected chi connectivity index (χ1v) is 6.67. The molecule has 90 valence electrons. The molecule has 0 aliphatic carbocycles. The van der Waals surface area contributed by atoms with E-state index in [9.17, 15) is 0 Å². The fraction of sp³-hybridized carbons (Fsp3) is 0. The van der Waals surface area contributed by atoms with Crippen LogP contribution < -0.4 is 0 Å². The van der Waals surface area contributed by atoms with Crippen LogP contribution in [0.3, 0.4) is 0 Å². The van der Waals surface area contributed by atoms with Gasteiger partial charge in [-0.15, -0.1) is 0 Å². The van der Waals surface area contributed by atoms with Crippen LogP contribution in [0.15, 0.2) is 0 Å². The summed E-state index contributed by atoms with van der Waals surface area (Å²) >= 11 is 41.7. The van der Waals surface area contributed by atoms with Crippen LogP contribution in [0.4, 0.5) is 0 Å². The summed E-state index contributed by atoms with van der Waals surface area (Å²) in [6, 6.07) is 0. The standard InChI is InChI=1S/C9Cl7N/c10-3-1-2(4(11)7(14)6(3)13)8(15)17-9(16)5(1)12. The minimum Gasteiger partial charge on any atom is -0.222 e. The van der Waals surface area contributed by atoms with Gasteiger partial charge in [0.25, 0.3) is 0 Å². The molecular weight excluding hydrogens is 370 g/mol. The molecule has 0 amide bonds. The molecular formula is C9Cl7N. The summed E-state index contributed by atoms with van der Waals surface area (Å²) in [7, 11) is 0. The van der Waals surface area contributed by atoms with Crippen molar-refractivity contribution in [2.24, 2.45) is 0 Å². The highest BCUT2D eigenvalue weighted by Gasteiger charge is 2.21. The van der Waals surface area contributed by atoms with Crippen LogP contribution in [-0.2, 0) is 0 Å². The Kier molecular flexibility index (Phi) is 4.12. The molecule has 1 nitrogen and oxygen atoms in total. The van der Waals surface area contributed by atoms with Gasteiger partial charge < -0.3 is 0 Å². The molecule has 2 rings (SSSR count). The van der Waals surface area contributed by atoms with E-state index in [0.29, 0.717) is 10.8 Å². The Bertz CT molecular complexity index is 638. The summed E-state index contributed by atoms with van der Waals surface area (Å²) in [4.78, 5) is 3.83. The lowest BCUT2D eigenvalue weighted by Gasteiger charge is -2.11. The number of fused-ring (bicyclic) bond motifs is 1. The van der Waals surface area contributed by atoms with Crippen LogP contribution in [0.2, 0.25) is 35.4 Å². The summed E-state index contributed by atoms with van der Waals surface area (Å²) in [6.07, 6.45) is 0. The molecule has 0 saturated heterocycles. The monoisotopic (exact) mass is 367 g/mol. The fourth-order valence-corrected chi connectivity index (χ4v) is 3.19. The van der Waals surface area contributed by atoms with Crippen molar-refractivity contribution in [3.63, 3.8) is 0 Å². The van der Waals surface area contributed by atoms with E-state index in [2.05, 4.69) is 4.98 Å². The Hall–Kier alpha value is 0.660. The Labute approximate surface area is 131 Å². The topological polar surface area (TPSA) is 12.9 Å². The highest BCUT2D eigenvalue weighted by atomic mass is 35.5. The quantitative estimate of drug-likeness (QED) is 0.282. The van der Waals surface area contributed by atoms with Gasteiger partial charge >= 0.3 is 0 Å². The zero-order valence-electron chi connectivity index (χ0n) is 7.59. The molecule has 17 heavy (non-hydrogen) atoms. The van der Waals surface area contributed by atoms with Crippen LogP contribution in [0, 0.1) is 0 Å². The predicted octanol–water partition coefficient (Wildman–Crippen LogP) is 6.81. The number of rotatable bonds is 0. The van der Waals surface area contributed by atoms with Crippen molar-refractivity contribution in [2.75, 3.05) is 0 Å². The van der Waals surface area contributed by atoms with Crippen molar-refractivity contribution in [1.29, 1.82) is 0 Å². The third-order valence-electron chi connectivity index (χ3n) is 2.07. The van der Waals surface area contributed by atoms with Crippen LogP contribution in [0.1, 0.15) is 0 Å². The average molecular weight is 370 g/mol. The van der Waals surface area contributed by atoms with Gasteiger partial charge in [0.2, 0.25) is 0 Å². The van der Waals surface area contributed by atoms with E-state index in [1.54, 1.807) is 0 Å². The van der Waals surface area contributed by atoms with Gasteiger partial charge in [-0.25, -0.2) is 4.98 Å². The van der Waals surface area contributed by atoms with Gasteiger partial charge in [-0.3, -0.25) is 0 Å². The summed E-state index contributed by atoms with van der Waals surface area (Å²) in [5.74, 6) is 0. The third-order valence-corrected chi connectivity index (χ3v) is 4.88. The van der Waals surface area contributed by atoms with Gasteiger partial charge in [0, 0.05) is 10.8 Å². The van der Waals surface area contributed by atoms with E-state index in [1.165, 1.54) is 0 Å². The minimum absolute atomic E-state index is 0.0144. The lowest BCUT2D eigenvalue weighted by Crippen LogP contribution is -1.88. The SMILES string of the molecule is Clc1nc(Cl)c2c(Cl)c(Cl)c(Cl)c(Cl)c2c1Cl. The number of pyridine rings is 1. The molecule has 1 aromatic heterocycles. The minimum atomic E-state index is 0.0144. The van der Waals surface area contributed by atoms with Gasteiger partial charge in [-0.1, -0.05) is 81.2 Å². The van der Waals surface area contributed by atoms with Crippen molar-refractivity contribution < 1.29 is 0 Å². The second-order valence-corrected chi connectivity index (χ2v) is 5.62. The lowest BCUT2D eigenvalue weighted by molar-refractivity contribution is 1.36. The smallest absolute Gasteiger partial charge is 0.150 e. The van der Waals surface area contributed by atoms with E-state index in [0.717, 1.165) is 0 Å². The molecule has 0 saturated carbocycles. The molecule has 1 aromatic carbocycles. The maximum atomic E-state index is 6.05. The van der Waals surface area contributed by atoms with Crippen molar-refractivity contribution in [3.05, 3.63) is 35.4 Å². The van der Waals surface area contributed by atoms with Crippen LogP contribution in [0.5, 0.6) is 0 Å². The van der Waals surface area contributed by atoms with Crippen molar-refractivity contribution >= 4 is 92.0 Å². The number of aromatic nitrogens is 1. The summed E-state index contributed by atoms with van der Waals surface area (Å²) in [6.45, 7) is 0. The fourth-order valence-electron chi connectivity index (χ4n) is 1.33. The van der Waals surface area contributed by atoms with Gasteiger partial charge in [-0.05, 0) is 0 Å². The van der Waals surface area contributed by atoms with Gasteiger partial charge in [0.15, 0.2) is 0 Å². The Morgan fingerprint density at radius 2 is 0.941 bits per heavy atom. The summed E-state index contributed by atoms with van der Waals surface area (Å²) in [5, 5.41) is 1.29. The van der Waals surface area contributed by atoms with Gasteiger partial charge in [0.05, 0.1) is 25.1 Å². The molecule has 2 aromatic rings. The van der Waals surface area contributed by atoms with Crippen LogP contribution in [0.25, 0.3) is 10.8 Å². The van der Waals surface area contributed by atoms with E-state index >= 15 is 0 Å². The second-order valence-electron chi connectivity index (χ2n) is 3.01. The van der Waals surface area contributed by atoms with E-state index < -0.39 is 0 Å². The average Bonchev–Trinajstić information content (AvgIpc) is 2.28. The largest absolute Gasteiger partial charge is 0.222 e.